The highest BCUT2D eigenvalue weighted by atomic mass is 32.2. The Kier molecular flexibility index (Phi) is 4.20. The van der Waals surface area contributed by atoms with E-state index in [4.69, 9.17) is 5.73 Å². The van der Waals surface area contributed by atoms with Gasteiger partial charge in [-0.25, -0.2) is 17.5 Å². The molecule has 1 aromatic rings. The predicted molar refractivity (Wildman–Crippen MR) is 70.3 cm³/mol. The molecule has 0 atom stereocenters. The lowest BCUT2D eigenvalue weighted by molar-refractivity contribution is 0.383. The Morgan fingerprint density at radius 1 is 1.42 bits per heavy atom. The summed E-state index contributed by atoms with van der Waals surface area (Å²) in [6, 6.07) is 3.67. The third-order valence-corrected chi connectivity index (χ3v) is 4.52. The van der Waals surface area contributed by atoms with E-state index in [0.29, 0.717) is 0 Å². The topological polar surface area (TPSA) is 72.2 Å². The second-order valence-corrected chi connectivity index (χ2v) is 6.11. The zero-order chi connectivity index (χ0) is 13.9. The molecule has 3 N–H and O–H groups in total. The van der Waals surface area contributed by atoms with Crippen molar-refractivity contribution in [3.63, 3.8) is 0 Å². The first kappa shape index (κ1) is 14.0. The molecule has 1 aliphatic rings. The van der Waals surface area contributed by atoms with Crippen LogP contribution in [0.4, 0.5) is 4.39 Å². The minimum absolute atomic E-state index is 0.0234. The molecule has 0 saturated heterocycles. The SMILES string of the molecule is NCC#Cc1ccc(S(=O)(=O)NC2CCC2)cc1F. The Morgan fingerprint density at radius 2 is 2.16 bits per heavy atom. The van der Waals surface area contributed by atoms with Gasteiger partial charge in [0.1, 0.15) is 5.82 Å². The Hall–Kier alpha value is -1.42. The first-order valence-corrected chi connectivity index (χ1v) is 7.52. The molecular weight excluding hydrogens is 267 g/mol. The minimum atomic E-state index is -3.64. The van der Waals surface area contributed by atoms with E-state index in [1.165, 1.54) is 12.1 Å². The number of rotatable bonds is 3. The van der Waals surface area contributed by atoms with Crippen molar-refractivity contribution in [2.75, 3.05) is 6.54 Å². The van der Waals surface area contributed by atoms with Crippen molar-refractivity contribution < 1.29 is 12.8 Å². The number of halogens is 1. The number of hydrogen-bond donors (Lipinski definition) is 2. The van der Waals surface area contributed by atoms with E-state index < -0.39 is 15.8 Å². The fourth-order valence-electron chi connectivity index (χ4n) is 1.72. The van der Waals surface area contributed by atoms with Gasteiger partial charge in [0.15, 0.2) is 0 Å². The van der Waals surface area contributed by atoms with E-state index in [0.717, 1.165) is 25.3 Å². The maximum absolute atomic E-state index is 13.7. The normalized spacial score (nSPS) is 15.5. The molecule has 1 aromatic carbocycles. The van der Waals surface area contributed by atoms with Crippen LogP contribution in [-0.2, 0) is 10.0 Å². The summed E-state index contributed by atoms with van der Waals surface area (Å²) in [7, 11) is -3.64. The largest absolute Gasteiger partial charge is 0.320 e. The van der Waals surface area contributed by atoms with Crippen LogP contribution >= 0.6 is 0 Å². The molecule has 0 spiro atoms. The maximum Gasteiger partial charge on any atom is 0.240 e. The number of hydrogen-bond acceptors (Lipinski definition) is 3. The second kappa shape index (κ2) is 5.70. The van der Waals surface area contributed by atoms with Gasteiger partial charge in [-0.15, -0.1) is 0 Å². The molecule has 1 fully saturated rings. The molecule has 0 radical (unpaired) electrons. The highest BCUT2D eigenvalue weighted by Crippen LogP contribution is 2.21. The van der Waals surface area contributed by atoms with Crippen LogP contribution in [0.5, 0.6) is 0 Å². The monoisotopic (exact) mass is 282 g/mol. The molecule has 0 amide bonds. The van der Waals surface area contributed by atoms with Gasteiger partial charge in [0.05, 0.1) is 17.0 Å². The van der Waals surface area contributed by atoms with Crippen LogP contribution in [0.2, 0.25) is 0 Å². The van der Waals surface area contributed by atoms with Crippen LogP contribution in [0.15, 0.2) is 23.1 Å². The minimum Gasteiger partial charge on any atom is -0.320 e. The van der Waals surface area contributed by atoms with E-state index in [-0.39, 0.29) is 23.0 Å². The first-order chi connectivity index (χ1) is 9.03. The molecule has 1 saturated carbocycles. The Bertz CT molecular complexity index is 628. The van der Waals surface area contributed by atoms with Crippen molar-refractivity contribution >= 4 is 10.0 Å². The van der Waals surface area contributed by atoms with Crippen LogP contribution in [0, 0.1) is 17.7 Å². The lowest BCUT2D eigenvalue weighted by Crippen LogP contribution is -2.39. The van der Waals surface area contributed by atoms with Gasteiger partial charge in [-0.3, -0.25) is 0 Å². The van der Waals surface area contributed by atoms with Gasteiger partial charge < -0.3 is 5.73 Å². The van der Waals surface area contributed by atoms with Crippen LogP contribution in [0.1, 0.15) is 24.8 Å². The van der Waals surface area contributed by atoms with Gasteiger partial charge in [0.2, 0.25) is 10.0 Å². The van der Waals surface area contributed by atoms with Crippen molar-refractivity contribution in [3.05, 3.63) is 29.6 Å². The molecule has 0 aliphatic heterocycles. The highest BCUT2D eigenvalue weighted by Gasteiger charge is 2.25. The molecule has 0 aromatic heterocycles. The Labute approximate surface area is 112 Å². The third-order valence-electron chi connectivity index (χ3n) is 3.00. The molecule has 0 unspecified atom stereocenters. The molecule has 102 valence electrons. The van der Waals surface area contributed by atoms with E-state index in [9.17, 15) is 12.8 Å². The predicted octanol–water partition coefficient (Wildman–Crippen LogP) is 0.967. The first-order valence-electron chi connectivity index (χ1n) is 6.04. The van der Waals surface area contributed by atoms with Crippen molar-refractivity contribution in [2.24, 2.45) is 5.73 Å². The van der Waals surface area contributed by atoms with E-state index in [1.54, 1.807) is 0 Å². The van der Waals surface area contributed by atoms with Crippen molar-refractivity contribution in [1.82, 2.24) is 4.72 Å². The van der Waals surface area contributed by atoms with Crippen LogP contribution in [0.3, 0.4) is 0 Å². The molecule has 6 heteroatoms. The number of benzene rings is 1. The molecular formula is C13H15FN2O2S. The summed E-state index contributed by atoms with van der Waals surface area (Å²) in [4.78, 5) is -0.0739. The summed E-state index contributed by atoms with van der Waals surface area (Å²) in [6.45, 7) is 0.128. The lowest BCUT2D eigenvalue weighted by atomic mass is 9.94. The third kappa shape index (κ3) is 3.32. The molecule has 1 aliphatic carbocycles. The quantitative estimate of drug-likeness (QED) is 0.811. The van der Waals surface area contributed by atoms with Gasteiger partial charge in [-0.1, -0.05) is 18.3 Å². The van der Waals surface area contributed by atoms with Gasteiger partial charge >= 0.3 is 0 Å². The number of nitrogens with two attached hydrogens (primary N) is 1. The molecule has 19 heavy (non-hydrogen) atoms. The smallest absolute Gasteiger partial charge is 0.240 e. The van der Waals surface area contributed by atoms with Gasteiger partial charge in [-0.05, 0) is 31.0 Å². The average Bonchev–Trinajstić information content (AvgIpc) is 2.32. The van der Waals surface area contributed by atoms with Crippen molar-refractivity contribution in [1.29, 1.82) is 0 Å². The summed E-state index contributed by atoms with van der Waals surface area (Å²) < 4.78 is 40.2. The number of sulfonamides is 1. The zero-order valence-electron chi connectivity index (χ0n) is 10.3. The van der Waals surface area contributed by atoms with Gasteiger partial charge in [-0.2, -0.15) is 0 Å². The fourth-order valence-corrected chi connectivity index (χ4v) is 3.04. The standard InChI is InChI=1S/C13H15FN2O2S/c14-13-9-12(7-6-10(13)3-2-8-15)19(17,18)16-11-4-1-5-11/h6-7,9,11,16H,1,4-5,8,15H2. The molecule has 0 heterocycles. The second-order valence-electron chi connectivity index (χ2n) is 4.40. The lowest BCUT2D eigenvalue weighted by Gasteiger charge is -2.26. The summed E-state index contributed by atoms with van der Waals surface area (Å²) >= 11 is 0. The van der Waals surface area contributed by atoms with Crippen LogP contribution in [-0.4, -0.2) is 21.0 Å². The highest BCUT2D eigenvalue weighted by molar-refractivity contribution is 7.89. The molecule has 0 bridgehead atoms. The summed E-state index contributed by atoms with van der Waals surface area (Å²) in [5, 5.41) is 0. The van der Waals surface area contributed by atoms with E-state index in [2.05, 4.69) is 16.6 Å². The molecule has 4 nitrogen and oxygen atoms in total. The average molecular weight is 282 g/mol. The summed E-state index contributed by atoms with van der Waals surface area (Å²) in [6.07, 6.45) is 2.69. The summed E-state index contributed by atoms with van der Waals surface area (Å²) in [5.74, 6) is 4.42. The van der Waals surface area contributed by atoms with Crippen LogP contribution < -0.4 is 10.5 Å². The van der Waals surface area contributed by atoms with E-state index in [1.807, 2.05) is 0 Å². The van der Waals surface area contributed by atoms with Gasteiger partial charge in [0.25, 0.3) is 0 Å². The summed E-state index contributed by atoms with van der Waals surface area (Å²) in [5.41, 5.74) is 5.35. The fraction of sp³-hybridized carbons (Fsp3) is 0.385. The maximum atomic E-state index is 13.7. The van der Waals surface area contributed by atoms with Crippen molar-refractivity contribution in [2.45, 2.75) is 30.2 Å². The zero-order valence-corrected chi connectivity index (χ0v) is 11.1. The van der Waals surface area contributed by atoms with Gasteiger partial charge in [0, 0.05) is 6.04 Å². The van der Waals surface area contributed by atoms with Crippen LogP contribution in [0.25, 0.3) is 0 Å². The van der Waals surface area contributed by atoms with Crippen molar-refractivity contribution in [3.8, 4) is 11.8 Å². The number of nitrogens with one attached hydrogen (secondary N) is 1. The van der Waals surface area contributed by atoms with E-state index >= 15 is 0 Å². The Balaban J connectivity index is 2.23. The molecule has 2 rings (SSSR count). The Morgan fingerprint density at radius 3 is 2.68 bits per heavy atom.